The summed E-state index contributed by atoms with van der Waals surface area (Å²) in [6, 6.07) is 11.4. The third-order valence-corrected chi connectivity index (χ3v) is 4.04. The molecular formula is C16H15ClO2. The van der Waals surface area contributed by atoms with E-state index in [-0.39, 0.29) is 17.8 Å². The lowest BCUT2D eigenvalue weighted by molar-refractivity contribution is 0.0879. The quantitative estimate of drug-likeness (QED) is 0.771. The Morgan fingerprint density at radius 2 is 1.95 bits per heavy atom. The predicted octanol–water partition coefficient (Wildman–Crippen LogP) is 4.10. The smallest absolute Gasteiger partial charge is 0.168 e. The molecule has 0 saturated carbocycles. The summed E-state index contributed by atoms with van der Waals surface area (Å²) in [5.74, 6) is 0.136. The van der Waals surface area contributed by atoms with Crippen LogP contribution in [-0.4, -0.2) is 18.5 Å². The van der Waals surface area contributed by atoms with Gasteiger partial charge in [0.2, 0.25) is 0 Å². The number of halogens is 1. The number of ketones is 1. The molecule has 0 N–H and O–H groups in total. The number of Topliss-reactive ketones (excluding diaryl/α,β-unsaturated/α-hetero) is 1. The van der Waals surface area contributed by atoms with Crippen molar-refractivity contribution in [2.45, 2.75) is 19.4 Å². The molecule has 1 saturated heterocycles. The van der Waals surface area contributed by atoms with Gasteiger partial charge in [0.25, 0.3) is 0 Å². The topological polar surface area (TPSA) is 26.3 Å². The average Bonchev–Trinajstić information content (AvgIpc) is 2.86. The lowest BCUT2D eigenvalue weighted by atomic mass is 9.92. The normalized spacial score (nSPS) is 22.8. The maximum absolute atomic E-state index is 12.6. The van der Waals surface area contributed by atoms with Gasteiger partial charge in [0.1, 0.15) is 0 Å². The van der Waals surface area contributed by atoms with Gasteiger partial charge in [-0.3, -0.25) is 4.79 Å². The Hall–Kier alpha value is -1.38. The molecule has 2 nitrogen and oxygen atoms in total. The van der Waals surface area contributed by atoms with Crippen molar-refractivity contribution in [1.29, 1.82) is 0 Å². The molecule has 19 heavy (non-hydrogen) atoms. The predicted molar refractivity (Wildman–Crippen MR) is 76.8 cm³/mol. The minimum Gasteiger partial charge on any atom is -0.378 e. The molecule has 0 spiro atoms. The first kappa shape index (κ1) is 12.6. The van der Waals surface area contributed by atoms with Crippen LogP contribution in [0.3, 0.4) is 0 Å². The molecule has 0 bridgehead atoms. The van der Waals surface area contributed by atoms with Crippen molar-refractivity contribution in [3.05, 3.63) is 47.0 Å². The van der Waals surface area contributed by atoms with Gasteiger partial charge in [-0.05, 0) is 30.9 Å². The lowest BCUT2D eigenvalue weighted by Crippen LogP contribution is -2.15. The molecule has 2 aromatic carbocycles. The first-order chi connectivity index (χ1) is 9.16. The maximum Gasteiger partial charge on any atom is 0.168 e. The Morgan fingerprint density at radius 1 is 1.21 bits per heavy atom. The van der Waals surface area contributed by atoms with Gasteiger partial charge in [-0.2, -0.15) is 0 Å². The number of hydrogen-bond donors (Lipinski definition) is 0. The van der Waals surface area contributed by atoms with Crippen molar-refractivity contribution < 1.29 is 9.53 Å². The molecule has 0 amide bonds. The first-order valence-electron chi connectivity index (χ1n) is 6.50. The molecule has 98 valence electrons. The van der Waals surface area contributed by atoms with Crippen molar-refractivity contribution in [1.82, 2.24) is 0 Å². The molecule has 0 aliphatic carbocycles. The molecule has 0 aromatic heterocycles. The Balaban J connectivity index is 2.06. The second-order valence-electron chi connectivity index (χ2n) is 5.08. The highest BCUT2D eigenvalue weighted by atomic mass is 35.5. The van der Waals surface area contributed by atoms with Gasteiger partial charge in [0.15, 0.2) is 5.78 Å². The van der Waals surface area contributed by atoms with Crippen molar-refractivity contribution in [3.63, 3.8) is 0 Å². The standard InChI is InChI=1S/C16H15ClO2/c1-10-8-11(9-19-10)16(18)14-6-7-15(17)13-5-3-2-4-12(13)14/h2-7,10-11H,8-9H2,1H3. The van der Waals surface area contributed by atoms with E-state index >= 15 is 0 Å². The fraction of sp³-hybridized carbons (Fsp3) is 0.312. The highest BCUT2D eigenvalue weighted by molar-refractivity contribution is 6.36. The average molecular weight is 275 g/mol. The van der Waals surface area contributed by atoms with E-state index in [4.69, 9.17) is 16.3 Å². The zero-order valence-electron chi connectivity index (χ0n) is 10.7. The number of hydrogen-bond acceptors (Lipinski definition) is 2. The van der Waals surface area contributed by atoms with Crippen LogP contribution in [0.15, 0.2) is 36.4 Å². The number of rotatable bonds is 2. The molecule has 3 heteroatoms. The second kappa shape index (κ2) is 4.95. The van der Waals surface area contributed by atoms with E-state index in [0.29, 0.717) is 11.6 Å². The number of fused-ring (bicyclic) bond motifs is 1. The van der Waals surface area contributed by atoms with E-state index in [1.807, 2.05) is 37.3 Å². The third-order valence-electron chi connectivity index (χ3n) is 3.71. The maximum atomic E-state index is 12.6. The molecule has 1 aliphatic heterocycles. The van der Waals surface area contributed by atoms with E-state index in [1.165, 1.54) is 0 Å². The summed E-state index contributed by atoms with van der Waals surface area (Å²) in [4.78, 5) is 12.6. The molecule has 3 rings (SSSR count). The largest absolute Gasteiger partial charge is 0.378 e. The van der Waals surface area contributed by atoms with Gasteiger partial charge in [-0.25, -0.2) is 0 Å². The van der Waals surface area contributed by atoms with Crippen LogP contribution < -0.4 is 0 Å². The van der Waals surface area contributed by atoms with E-state index < -0.39 is 0 Å². The van der Waals surface area contributed by atoms with Gasteiger partial charge in [0, 0.05) is 21.9 Å². The zero-order valence-corrected chi connectivity index (χ0v) is 11.5. The van der Waals surface area contributed by atoms with Crippen LogP contribution in [0.1, 0.15) is 23.7 Å². The Labute approximate surface area is 117 Å². The molecule has 1 fully saturated rings. The van der Waals surface area contributed by atoms with Crippen LogP contribution in [-0.2, 0) is 4.74 Å². The second-order valence-corrected chi connectivity index (χ2v) is 5.49. The summed E-state index contributed by atoms with van der Waals surface area (Å²) in [5, 5.41) is 2.55. The number of carbonyl (C=O) groups excluding carboxylic acids is 1. The molecule has 1 heterocycles. The Morgan fingerprint density at radius 3 is 2.63 bits per heavy atom. The monoisotopic (exact) mass is 274 g/mol. The first-order valence-corrected chi connectivity index (χ1v) is 6.87. The summed E-state index contributed by atoms with van der Waals surface area (Å²) in [5.41, 5.74) is 0.753. The highest BCUT2D eigenvalue weighted by Gasteiger charge is 2.29. The third kappa shape index (κ3) is 2.26. The van der Waals surface area contributed by atoms with Crippen molar-refractivity contribution in [2.24, 2.45) is 5.92 Å². The molecular weight excluding hydrogens is 260 g/mol. The fourth-order valence-corrected chi connectivity index (χ4v) is 2.92. The highest BCUT2D eigenvalue weighted by Crippen LogP contribution is 2.30. The summed E-state index contributed by atoms with van der Waals surface area (Å²) < 4.78 is 5.50. The molecule has 0 radical (unpaired) electrons. The summed E-state index contributed by atoms with van der Waals surface area (Å²) in [7, 11) is 0. The Kier molecular flexibility index (Phi) is 3.29. The van der Waals surface area contributed by atoms with Crippen LogP contribution in [0.2, 0.25) is 5.02 Å². The SMILES string of the molecule is CC1CC(C(=O)c2ccc(Cl)c3ccccc23)CO1. The summed E-state index contributed by atoms with van der Waals surface area (Å²) >= 11 is 6.18. The molecule has 2 unspecified atom stereocenters. The number of ether oxygens (including phenoxy) is 1. The van der Waals surface area contributed by atoms with Gasteiger partial charge < -0.3 is 4.74 Å². The van der Waals surface area contributed by atoms with Crippen molar-refractivity contribution in [3.8, 4) is 0 Å². The number of carbonyl (C=O) groups is 1. The van der Waals surface area contributed by atoms with Crippen LogP contribution in [0.25, 0.3) is 10.8 Å². The molecule has 2 atom stereocenters. The molecule has 1 aliphatic rings. The minimum atomic E-state index is -0.0282. The minimum absolute atomic E-state index is 0.0282. The van der Waals surface area contributed by atoms with Crippen LogP contribution >= 0.6 is 11.6 Å². The van der Waals surface area contributed by atoms with Gasteiger partial charge >= 0.3 is 0 Å². The Bertz CT molecular complexity index is 636. The molecule has 2 aromatic rings. The van der Waals surface area contributed by atoms with Gasteiger partial charge in [-0.15, -0.1) is 0 Å². The van der Waals surface area contributed by atoms with E-state index in [0.717, 1.165) is 22.8 Å². The van der Waals surface area contributed by atoms with E-state index in [1.54, 1.807) is 6.07 Å². The number of benzene rings is 2. The van der Waals surface area contributed by atoms with Crippen LogP contribution in [0, 0.1) is 5.92 Å². The van der Waals surface area contributed by atoms with Gasteiger partial charge in [-0.1, -0.05) is 35.9 Å². The van der Waals surface area contributed by atoms with Crippen LogP contribution in [0.5, 0.6) is 0 Å². The summed E-state index contributed by atoms with van der Waals surface area (Å²) in [6.07, 6.45) is 0.975. The van der Waals surface area contributed by atoms with Gasteiger partial charge in [0.05, 0.1) is 12.7 Å². The summed E-state index contributed by atoms with van der Waals surface area (Å²) in [6.45, 7) is 2.53. The van der Waals surface area contributed by atoms with Crippen molar-refractivity contribution >= 4 is 28.2 Å². The van der Waals surface area contributed by atoms with E-state index in [9.17, 15) is 4.79 Å². The zero-order chi connectivity index (χ0) is 13.4. The lowest BCUT2D eigenvalue weighted by Gasteiger charge is -2.10. The van der Waals surface area contributed by atoms with Crippen molar-refractivity contribution in [2.75, 3.05) is 6.61 Å². The van der Waals surface area contributed by atoms with E-state index in [2.05, 4.69) is 0 Å². The fourth-order valence-electron chi connectivity index (χ4n) is 2.70. The van der Waals surface area contributed by atoms with Crippen LogP contribution in [0.4, 0.5) is 0 Å².